The average Bonchev–Trinajstić information content (AvgIpc) is 2.61. The van der Waals surface area contributed by atoms with Gasteiger partial charge in [-0.2, -0.15) is 15.4 Å². The number of carbonyl (C=O) groups excluding carboxylic acids is 1. The Hall–Kier alpha value is -1.86. The van der Waals surface area contributed by atoms with E-state index in [4.69, 9.17) is 16.9 Å². The first-order valence-electron chi connectivity index (χ1n) is 5.56. The quantitative estimate of drug-likeness (QED) is 0.822. The fourth-order valence-electron chi connectivity index (χ4n) is 1.91. The predicted octanol–water partition coefficient (Wildman–Crippen LogP) is 2.90. The monoisotopic (exact) mass is 261 g/mol. The Morgan fingerprint density at radius 1 is 1.50 bits per heavy atom. The molecular formula is C13H12ClN3O. The minimum absolute atomic E-state index is 0.157. The molecule has 1 aromatic rings. The number of hydrogen-bond donors (Lipinski definition) is 0. The van der Waals surface area contributed by atoms with Gasteiger partial charge in [-0.3, -0.25) is 4.79 Å². The molecule has 4 nitrogen and oxygen atoms in total. The summed E-state index contributed by atoms with van der Waals surface area (Å²) in [6, 6.07) is 7.33. The maximum atomic E-state index is 12.2. The first kappa shape index (κ1) is 12.6. The molecule has 0 aliphatic carbocycles. The minimum Gasteiger partial charge on any atom is -0.272 e. The number of amides is 1. The molecule has 1 heterocycles. The highest BCUT2D eigenvalue weighted by molar-refractivity contribution is 6.31. The van der Waals surface area contributed by atoms with Crippen molar-refractivity contribution < 1.29 is 4.79 Å². The van der Waals surface area contributed by atoms with Crippen LogP contribution in [0, 0.1) is 24.2 Å². The second-order valence-corrected chi connectivity index (χ2v) is 4.67. The molecule has 2 rings (SSSR count). The highest BCUT2D eigenvalue weighted by Gasteiger charge is 2.34. The Morgan fingerprint density at radius 3 is 2.89 bits per heavy atom. The van der Waals surface area contributed by atoms with E-state index < -0.39 is 5.92 Å². The number of nitriles is 1. The van der Waals surface area contributed by atoms with Crippen LogP contribution in [0.25, 0.3) is 0 Å². The van der Waals surface area contributed by atoms with E-state index in [1.807, 2.05) is 19.1 Å². The van der Waals surface area contributed by atoms with Gasteiger partial charge in [0, 0.05) is 10.7 Å². The van der Waals surface area contributed by atoms with Gasteiger partial charge in [-0.25, -0.2) is 0 Å². The summed E-state index contributed by atoms with van der Waals surface area (Å²) in [7, 11) is 0. The van der Waals surface area contributed by atoms with E-state index in [-0.39, 0.29) is 12.3 Å². The first-order valence-corrected chi connectivity index (χ1v) is 5.94. The van der Waals surface area contributed by atoms with Crippen molar-refractivity contribution in [3.63, 3.8) is 0 Å². The van der Waals surface area contributed by atoms with Crippen molar-refractivity contribution >= 4 is 28.9 Å². The number of nitrogens with zero attached hydrogens (tertiary/aromatic N) is 3. The van der Waals surface area contributed by atoms with E-state index in [1.54, 1.807) is 19.1 Å². The molecular weight excluding hydrogens is 250 g/mol. The minimum atomic E-state index is -0.437. The molecule has 1 atom stereocenters. The van der Waals surface area contributed by atoms with Gasteiger partial charge in [0.1, 0.15) is 0 Å². The zero-order chi connectivity index (χ0) is 13.3. The van der Waals surface area contributed by atoms with Crippen molar-refractivity contribution in [2.75, 3.05) is 5.01 Å². The van der Waals surface area contributed by atoms with Crippen LogP contribution in [0.15, 0.2) is 23.3 Å². The number of rotatable bonds is 2. The van der Waals surface area contributed by atoms with Gasteiger partial charge >= 0.3 is 0 Å². The van der Waals surface area contributed by atoms with Gasteiger partial charge in [0.15, 0.2) is 0 Å². The molecule has 1 aromatic carbocycles. The van der Waals surface area contributed by atoms with E-state index in [9.17, 15) is 4.79 Å². The molecule has 0 aromatic heterocycles. The number of carbonyl (C=O) groups is 1. The van der Waals surface area contributed by atoms with Crippen LogP contribution in [-0.4, -0.2) is 11.6 Å². The van der Waals surface area contributed by atoms with Crippen LogP contribution in [0.3, 0.4) is 0 Å². The second kappa shape index (κ2) is 4.79. The highest BCUT2D eigenvalue weighted by atomic mass is 35.5. The normalized spacial score (nSPS) is 18.8. The van der Waals surface area contributed by atoms with Crippen LogP contribution >= 0.6 is 11.6 Å². The number of aryl methyl sites for hydroxylation is 1. The van der Waals surface area contributed by atoms with Gasteiger partial charge in [-0.15, -0.1) is 0 Å². The summed E-state index contributed by atoms with van der Waals surface area (Å²) in [6.07, 6.45) is 0.157. The lowest BCUT2D eigenvalue weighted by atomic mass is 10.0. The summed E-state index contributed by atoms with van der Waals surface area (Å²) in [6.45, 7) is 3.65. The van der Waals surface area contributed by atoms with E-state index in [0.29, 0.717) is 16.4 Å². The summed E-state index contributed by atoms with van der Waals surface area (Å²) in [4.78, 5) is 12.2. The van der Waals surface area contributed by atoms with Crippen molar-refractivity contribution in [3.05, 3.63) is 28.8 Å². The summed E-state index contributed by atoms with van der Waals surface area (Å²) in [5.74, 6) is -0.604. The zero-order valence-corrected chi connectivity index (χ0v) is 10.9. The SMILES string of the molecule is CC1=NN(c2cc(Cl)ccc2C)C(=O)C1CC#N. The van der Waals surface area contributed by atoms with Crippen molar-refractivity contribution in [1.82, 2.24) is 0 Å². The molecule has 0 bridgehead atoms. The van der Waals surface area contributed by atoms with Gasteiger partial charge in [-0.05, 0) is 31.5 Å². The van der Waals surface area contributed by atoms with E-state index in [1.165, 1.54) is 5.01 Å². The standard InChI is InChI=1S/C13H12ClN3O/c1-8-3-4-10(14)7-12(8)17-13(18)11(5-6-15)9(2)16-17/h3-4,7,11H,5H2,1-2H3. The molecule has 18 heavy (non-hydrogen) atoms. The fraction of sp³-hybridized carbons (Fsp3) is 0.308. The zero-order valence-electron chi connectivity index (χ0n) is 10.1. The molecule has 0 spiro atoms. The first-order chi connectivity index (χ1) is 8.54. The third-order valence-electron chi connectivity index (χ3n) is 2.96. The Balaban J connectivity index is 2.39. The smallest absolute Gasteiger partial charge is 0.257 e. The largest absolute Gasteiger partial charge is 0.272 e. The van der Waals surface area contributed by atoms with Crippen LogP contribution in [0.2, 0.25) is 5.02 Å². The summed E-state index contributed by atoms with van der Waals surface area (Å²) < 4.78 is 0. The number of hydrogen-bond acceptors (Lipinski definition) is 3. The van der Waals surface area contributed by atoms with Gasteiger partial charge in [0.25, 0.3) is 5.91 Å². The Kier molecular flexibility index (Phi) is 3.35. The molecule has 1 aliphatic heterocycles. The van der Waals surface area contributed by atoms with Crippen LogP contribution in [0.1, 0.15) is 18.9 Å². The third-order valence-corrected chi connectivity index (χ3v) is 3.20. The lowest BCUT2D eigenvalue weighted by molar-refractivity contribution is -0.119. The molecule has 92 valence electrons. The van der Waals surface area contributed by atoms with Crippen molar-refractivity contribution in [2.24, 2.45) is 11.0 Å². The van der Waals surface area contributed by atoms with Gasteiger partial charge < -0.3 is 0 Å². The van der Waals surface area contributed by atoms with Crippen LogP contribution in [0.5, 0.6) is 0 Å². The maximum Gasteiger partial charge on any atom is 0.257 e. The second-order valence-electron chi connectivity index (χ2n) is 4.24. The molecule has 0 saturated carbocycles. The highest BCUT2D eigenvalue weighted by Crippen LogP contribution is 2.30. The molecule has 0 fully saturated rings. The van der Waals surface area contributed by atoms with Gasteiger partial charge in [-0.1, -0.05) is 17.7 Å². The lowest BCUT2D eigenvalue weighted by Crippen LogP contribution is -2.27. The van der Waals surface area contributed by atoms with Crippen molar-refractivity contribution in [1.29, 1.82) is 5.26 Å². The Bertz CT molecular complexity index is 574. The molecule has 1 amide bonds. The number of hydrazone groups is 1. The molecule has 0 N–H and O–H groups in total. The summed E-state index contributed by atoms with van der Waals surface area (Å²) in [5, 5.41) is 14.9. The molecule has 1 unspecified atom stereocenters. The number of benzene rings is 1. The fourth-order valence-corrected chi connectivity index (χ4v) is 2.08. The molecule has 0 radical (unpaired) electrons. The average molecular weight is 262 g/mol. The lowest BCUT2D eigenvalue weighted by Gasteiger charge is -2.16. The number of halogens is 1. The van der Waals surface area contributed by atoms with Crippen LogP contribution < -0.4 is 5.01 Å². The van der Waals surface area contributed by atoms with Gasteiger partial charge in [0.05, 0.1) is 24.1 Å². The van der Waals surface area contributed by atoms with E-state index in [0.717, 1.165) is 5.56 Å². The molecule has 1 aliphatic rings. The Morgan fingerprint density at radius 2 is 2.22 bits per heavy atom. The summed E-state index contributed by atoms with van der Waals surface area (Å²) in [5.41, 5.74) is 2.26. The van der Waals surface area contributed by atoms with E-state index >= 15 is 0 Å². The van der Waals surface area contributed by atoms with Crippen LogP contribution in [0.4, 0.5) is 5.69 Å². The summed E-state index contributed by atoms with van der Waals surface area (Å²) >= 11 is 5.94. The maximum absolute atomic E-state index is 12.2. The van der Waals surface area contributed by atoms with Crippen molar-refractivity contribution in [3.8, 4) is 6.07 Å². The van der Waals surface area contributed by atoms with E-state index in [2.05, 4.69) is 5.10 Å². The van der Waals surface area contributed by atoms with Gasteiger partial charge in [0.2, 0.25) is 0 Å². The molecule has 0 saturated heterocycles. The Labute approximate surface area is 110 Å². The van der Waals surface area contributed by atoms with Crippen LogP contribution in [-0.2, 0) is 4.79 Å². The number of anilines is 1. The predicted molar refractivity (Wildman–Crippen MR) is 70.5 cm³/mol. The van der Waals surface area contributed by atoms with Crippen molar-refractivity contribution in [2.45, 2.75) is 20.3 Å². The third kappa shape index (κ3) is 2.09. The topological polar surface area (TPSA) is 56.5 Å². The molecule has 5 heteroatoms.